The predicted octanol–water partition coefficient (Wildman–Crippen LogP) is 6.10. The van der Waals surface area contributed by atoms with Gasteiger partial charge in [0.15, 0.2) is 0 Å². The molecule has 2 nitrogen and oxygen atoms in total. The van der Waals surface area contributed by atoms with Crippen molar-refractivity contribution in [2.75, 3.05) is 36.0 Å². The van der Waals surface area contributed by atoms with Gasteiger partial charge in [0, 0.05) is 37.6 Å². The normalized spacial score (nSPS) is 10.0. The molecule has 0 bridgehead atoms. The summed E-state index contributed by atoms with van der Waals surface area (Å²) in [6, 6.07) is 17.0. The van der Waals surface area contributed by atoms with Gasteiger partial charge in [-0.15, -0.1) is 26.3 Å². The molecule has 2 aromatic rings. The summed E-state index contributed by atoms with van der Waals surface area (Å²) < 4.78 is 0. The van der Waals surface area contributed by atoms with Crippen LogP contribution in [0.15, 0.2) is 106 Å². The second-order valence-electron chi connectivity index (χ2n) is 6.54. The Morgan fingerprint density at radius 2 is 0.857 bits per heavy atom. The zero-order valence-corrected chi connectivity index (χ0v) is 16.7. The lowest BCUT2D eigenvalue weighted by molar-refractivity contribution is 0.956. The highest BCUT2D eigenvalue weighted by Crippen LogP contribution is 2.26. The van der Waals surface area contributed by atoms with Crippen LogP contribution in [0.25, 0.3) is 5.57 Å². The molecule has 0 atom stereocenters. The van der Waals surface area contributed by atoms with Crippen molar-refractivity contribution in [1.29, 1.82) is 0 Å². The summed E-state index contributed by atoms with van der Waals surface area (Å²) in [5, 5.41) is 0. The minimum Gasteiger partial charge on any atom is -0.364 e. The first-order valence-electron chi connectivity index (χ1n) is 9.47. The summed E-state index contributed by atoms with van der Waals surface area (Å²) in [4.78, 5) is 4.43. The number of anilines is 2. The minimum absolute atomic E-state index is 0.791. The Labute approximate surface area is 170 Å². The predicted molar refractivity (Wildman–Crippen MR) is 126 cm³/mol. The van der Waals surface area contributed by atoms with Gasteiger partial charge in [-0.3, -0.25) is 0 Å². The molecule has 2 aromatic carbocycles. The van der Waals surface area contributed by atoms with E-state index in [9.17, 15) is 0 Å². The molecular formula is C26H30N2. The minimum atomic E-state index is 0.791. The standard InChI is InChI=1S/C26H30N2/c1-6-18-27(19-7-2)25-14-10-23(11-15-25)22(5)24-12-16-26(17-13-24)28(20-8-3)21-9-4/h6-17H,1-5,18-21H2. The Morgan fingerprint density at radius 1 is 0.571 bits per heavy atom. The summed E-state index contributed by atoms with van der Waals surface area (Å²) in [6.07, 6.45) is 7.61. The van der Waals surface area contributed by atoms with E-state index >= 15 is 0 Å². The zero-order chi connectivity index (χ0) is 20.4. The quantitative estimate of drug-likeness (QED) is 0.416. The van der Waals surface area contributed by atoms with Crippen LogP contribution in [-0.2, 0) is 0 Å². The van der Waals surface area contributed by atoms with Crippen molar-refractivity contribution in [3.05, 3.63) is 117 Å². The van der Waals surface area contributed by atoms with Crippen molar-refractivity contribution < 1.29 is 0 Å². The van der Waals surface area contributed by atoms with Gasteiger partial charge in [0.1, 0.15) is 0 Å². The van der Waals surface area contributed by atoms with E-state index in [1.54, 1.807) is 0 Å². The first-order chi connectivity index (χ1) is 13.6. The van der Waals surface area contributed by atoms with Crippen LogP contribution in [0.5, 0.6) is 0 Å². The molecule has 0 aromatic heterocycles. The van der Waals surface area contributed by atoms with Gasteiger partial charge in [-0.25, -0.2) is 0 Å². The van der Waals surface area contributed by atoms with Gasteiger partial charge in [-0.2, -0.15) is 0 Å². The van der Waals surface area contributed by atoms with E-state index in [4.69, 9.17) is 0 Å². The molecule has 2 heteroatoms. The first kappa shape index (κ1) is 21.0. The van der Waals surface area contributed by atoms with Gasteiger partial charge in [0.05, 0.1) is 0 Å². The van der Waals surface area contributed by atoms with E-state index < -0.39 is 0 Å². The summed E-state index contributed by atoms with van der Waals surface area (Å²) in [5.74, 6) is 0. The average molecular weight is 371 g/mol. The van der Waals surface area contributed by atoms with Crippen LogP contribution in [0.2, 0.25) is 0 Å². The lowest BCUT2D eigenvalue weighted by Gasteiger charge is -2.22. The number of nitrogens with zero attached hydrogens (tertiary/aromatic N) is 2. The van der Waals surface area contributed by atoms with Crippen molar-refractivity contribution in [1.82, 2.24) is 0 Å². The molecule has 0 saturated heterocycles. The Kier molecular flexibility index (Phi) is 8.11. The van der Waals surface area contributed by atoms with Gasteiger partial charge >= 0.3 is 0 Å². The number of benzene rings is 2. The Morgan fingerprint density at radius 3 is 1.11 bits per heavy atom. The van der Waals surface area contributed by atoms with Gasteiger partial charge in [0.25, 0.3) is 0 Å². The van der Waals surface area contributed by atoms with Crippen LogP contribution in [0.1, 0.15) is 11.1 Å². The van der Waals surface area contributed by atoms with Crippen LogP contribution >= 0.6 is 0 Å². The largest absolute Gasteiger partial charge is 0.364 e. The number of rotatable bonds is 12. The van der Waals surface area contributed by atoms with E-state index in [-0.39, 0.29) is 0 Å². The molecule has 0 N–H and O–H groups in total. The second-order valence-corrected chi connectivity index (χ2v) is 6.54. The number of hydrogen-bond donors (Lipinski definition) is 0. The van der Waals surface area contributed by atoms with Crippen LogP contribution in [0, 0.1) is 0 Å². The lowest BCUT2D eigenvalue weighted by atomic mass is 9.99. The highest BCUT2D eigenvalue weighted by atomic mass is 15.1. The highest BCUT2D eigenvalue weighted by Gasteiger charge is 2.08. The van der Waals surface area contributed by atoms with Crippen LogP contribution in [0.4, 0.5) is 11.4 Å². The fourth-order valence-electron chi connectivity index (χ4n) is 3.11. The monoisotopic (exact) mass is 370 g/mol. The van der Waals surface area contributed by atoms with Gasteiger partial charge in [-0.05, 0) is 41.0 Å². The molecule has 0 fully saturated rings. The third kappa shape index (κ3) is 5.37. The molecule has 0 amide bonds. The van der Waals surface area contributed by atoms with Crippen molar-refractivity contribution in [2.45, 2.75) is 0 Å². The molecule has 2 rings (SSSR count). The van der Waals surface area contributed by atoms with Gasteiger partial charge in [0.2, 0.25) is 0 Å². The molecule has 0 aliphatic carbocycles. The molecule has 0 aliphatic heterocycles. The third-order valence-corrected chi connectivity index (χ3v) is 4.56. The van der Waals surface area contributed by atoms with Crippen molar-refractivity contribution in [2.24, 2.45) is 0 Å². The second kappa shape index (κ2) is 10.8. The van der Waals surface area contributed by atoms with E-state index in [0.717, 1.165) is 54.3 Å². The number of hydrogen-bond acceptors (Lipinski definition) is 2. The van der Waals surface area contributed by atoms with E-state index in [0.29, 0.717) is 0 Å². The maximum Gasteiger partial charge on any atom is 0.0372 e. The van der Waals surface area contributed by atoms with Crippen LogP contribution in [0.3, 0.4) is 0 Å². The molecule has 144 valence electrons. The molecule has 0 saturated carbocycles. The smallest absolute Gasteiger partial charge is 0.0372 e. The first-order valence-corrected chi connectivity index (χ1v) is 9.47. The third-order valence-electron chi connectivity index (χ3n) is 4.56. The summed E-state index contributed by atoms with van der Waals surface area (Å²) >= 11 is 0. The van der Waals surface area contributed by atoms with Crippen molar-refractivity contribution in [3.63, 3.8) is 0 Å². The highest BCUT2D eigenvalue weighted by molar-refractivity contribution is 5.79. The lowest BCUT2D eigenvalue weighted by Crippen LogP contribution is -2.23. The Balaban J connectivity index is 2.16. The summed E-state index contributed by atoms with van der Waals surface area (Å²) in [7, 11) is 0. The fourth-order valence-corrected chi connectivity index (χ4v) is 3.11. The van der Waals surface area contributed by atoms with Crippen molar-refractivity contribution in [3.8, 4) is 0 Å². The molecule has 0 unspecified atom stereocenters. The van der Waals surface area contributed by atoms with Crippen molar-refractivity contribution >= 4 is 16.9 Å². The Hall–Kier alpha value is -3.26. The van der Waals surface area contributed by atoms with Gasteiger partial charge in [-0.1, -0.05) is 55.1 Å². The van der Waals surface area contributed by atoms with E-state index in [2.05, 4.69) is 91.2 Å². The molecule has 0 heterocycles. The average Bonchev–Trinajstić information content (AvgIpc) is 2.73. The maximum absolute atomic E-state index is 4.30. The van der Waals surface area contributed by atoms with E-state index in [1.165, 1.54) is 0 Å². The van der Waals surface area contributed by atoms with Gasteiger partial charge < -0.3 is 9.80 Å². The zero-order valence-electron chi connectivity index (χ0n) is 16.7. The molecule has 28 heavy (non-hydrogen) atoms. The Bertz CT molecular complexity index is 723. The maximum atomic E-state index is 4.30. The molecule has 0 spiro atoms. The fraction of sp³-hybridized carbons (Fsp3) is 0.154. The molecular weight excluding hydrogens is 340 g/mol. The SMILES string of the molecule is C=CCN(CC=C)c1ccc(C(=C)c2ccc(N(CC=C)CC=C)cc2)cc1. The van der Waals surface area contributed by atoms with Crippen LogP contribution < -0.4 is 9.80 Å². The summed E-state index contributed by atoms with van der Waals surface area (Å²) in [5.41, 5.74) is 5.54. The van der Waals surface area contributed by atoms with E-state index in [1.807, 2.05) is 24.3 Å². The molecule has 0 radical (unpaired) electrons. The van der Waals surface area contributed by atoms with Crippen LogP contribution in [-0.4, -0.2) is 26.2 Å². The molecule has 0 aliphatic rings. The summed E-state index contributed by atoms with van der Waals surface area (Å²) in [6.45, 7) is 22.8. The topological polar surface area (TPSA) is 6.48 Å².